The zero-order chi connectivity index (χ0) is 33.4. The van der Waals surface area contributed by atoms with Crippen molar-refractivity contribution in [1.29, 1.82) is 0 Å². The van der Waals surface area contributed by atoms with Gasteiger partial charge >= 0.3 is 11.9 Å². The van der Waals surface area contributed by atoms with E-state index in [9.17, 15) is 19.2 Å². The van der Waals surface area contributed by atoms with Crippen molar-refractivity contribution in [3.63, 3.8) is 0 Å². The second kappa shape index (κ2) is 15.0. The first-order valence-corrected chi connectivity index (χ1v) is 15.5. The highest BCUT2D eigenvalue weighted by Crippen LogP contribution is 2.27. The van der Waals surface area contributed by atoms with E-state index in [2.05, 4.69) is 10.3 Å². The number of hydrogen-bond donors (Lipinski definition) is 3. The first-order chi connectivity index (χ1) is 22.7. The number of nitrogens with one attached hydrogen (secondary N) is 2. The molecule has 10 nitrogen and oxygen atoms in total. The lowest BCUT2D eigenvalue weighted by Crippen LogP contribution is -2.69. The van der Waals surface area contributed by atoms with Crippen molar-refractivity contribution >= 4 is 51.1 Å². The minimum Gasteiger partial charge on any atom is -0.478 e. The van der Waals surface area contributed by atoms with Gasteiger partial charge in [0.2, 0.25) is 5.56 Å². The number of esters is 1. The number of rotatable bonds is 8. The van der Waals surface area contributed by atoms with Crippen molar-refractivity contribution in [2.75, 3.05) is 32.9 Å². The first-order valence-electron chi connectivity index (χ1n) is 15.1. The van der Waals surface area contributed by atoms with Gasteiger partial charge in [-0.1, -0.05) is 60.1 Å². The van der Waals surface area contributed by atoms with Gasteiger partial charge in [0.05, 0.1) is 25.4 Å². The van der Waals surface area contributed by atoms with Gasteiger partial charge in [-0.05, 0) is 65.7 Å². The number of carbonyl (C=O) groups excluding carboxylic acids is 2. The van der Waals surface area contributed by atoms with E-state index in [-0.39, 0.29) is 18.6 Å². The number of carbonyl (C=O) groups is 3. The SMILES string of the molecule is CCOC(=O)C(Cc1cc(=O)[nH]c2ccccc12)(NC(=O)c1ccc(Cl)cc1)N1CCOCC1.O=C(O)c1ccc2ccccc2c1. The fourth-order valence-corrected chi connectivity index (χ4v) is 5.69. The van der Waals surface area contributed by atoms with E-state index in [1.54, 1.807) is 49.4 Å². The van der Waals surface area contributed by atoms with E-state index < -0.39 is 23.5 Å². The minimum atomic E-state index is -1.55. The number of carboxylic acid groups (broad SMARTS) is 1. The van der Waals surface area contributed by atoms with Crippen LogP contribution in [0.1, 0.15) is 33.2 Å². The van der Waals surface area contributed by atoms with Crippen molar-refractivity contribution in [2.24, 2.45) is 0 Å². The van der Waals surface area contributed by atoms with Gasteiger partial charge in [0.25, 0.3) is 5.91 Å². The molecule has 0 bridgehead atoms. The predicted octanol–water partition coefficient (Wildman–Crippen LogP) is 5.28. The lowest BCUT2D eigenvalue weighted by molar-refractivity contribution is -0.163. The Labute approximate surface area is 275 Å². The number of H-pyrrole nitrogens is 1. The third-order valence-corrected chi connectivity index (χ3v) is 8.12. The largest absolute Gasteiger partial charge is 0.478 e. The Kier molecular flexibility index (Phi) is 10.7. The number of ether oxygens (including phenoxy) is 2. The molecule has 1 aliphatic heterocycles. The van der Waals surface area contributed by atoms with Crippen molar-refractivity contribution < 1.29 is 29.0 Å². The van der Waals surface area contributed by atoms with Crippen molar-refractivity contribution in [3.05, 3.63) is 129 Å². The molecule has 11 heteroatoms. The molecular weight excluding hydrogens is 622 g/mol. The average molecular weight is 656 g/mol. The molecular formula is C36H34ClN3O7. The predicted molar refractivity (Wildman–Crippen MR) is 180 cm³/mol. The van der Waals surface area contributed by atoms with E-state index >= 15 is 0 Å². The van der Waals surface area contributed by atoms with Gasteiger partial charge in [-0.15, -0.1) is 0 Å². The summed E-state index contributed by atoms with van der Waals surface area (Å²) in [7, 11) is 0. The van der Waals surface area contributed by atoms with Crippen LogP contribution in [0.4, 0.5) is 0 Å². The summed E-state index contributed by atoms with van der Waals surface area (Å²) >= 11 is 5.98. The number of benzene rings is 4. The molecule has 2 heterocycles. The molecule has 1 atom stereocenters. The number of fused-ring (bicyclic) bond motifs is 2. The highest BCUT2D eigenvalue weighted by molar-refractivity contribution is 6.30. The molecule has 5 aromatic rings. The van der Waals surface area contributed by atoms with Crippen LogP contribution < -0.4 is 10.9 Å². The summed E-state index contributed by atoms with van der Waals surface area (Å²) in [6.45, 7) is 3.45. The van der Waals surface area contributed by atoms with Gasteiger partial charge in [-0.2, -0.15) is 0 Å². The van der Waals surface area contributed by atoms with Gasteiger partial charge in [0.1, 0.15) is 0 Å². The van der Waals surface area contributed by atoms with Crippen LogP contribution >= 0.6 is 11.6 Å². The number of aromatic nitrogens is 1. The summed E-state index contributed by atoms with van der Waals surface area (Å²) < 4.78 is 11.0. The molecule has 1 amide bonds. The van der Waals surface area contributed by atoms with Gasteiger partial charge < -0.3 is 24.9 Å². The maximum Gasteiger partial charge on any atom is 0.347 e. The van der Waals surface area contributed by atoms with E-state index in [1.807, 2.05) is 53.4 Å². The van der Waals surface area contributed by atoms with E-state index in [0.29, 0.717) is 53.5 Å². The number of nitrogens with zero attached hydrogens (tertiary/aromatic N) is 1. The highest BCUT2D eigenvalue weighted by Gasteiger charge is 2.48. The first kappa shape index (κ1) is 33.3. The Bertz CT molecular complexity index is 1950. The Morgan fingerprint density at radius 1 is 0.915 bits per heavy atom. The van der Waals surface area contributed by atoms with Crippen molar-refractivity contribution in [1.82, 2.24) is 15.2 Å². The number of morpholine rings is 1. The van der Waals surface area contributed by atoms with Crippen LogP contribution in [0.25, 0.3) is 21.7 Å². The van der Waals surface area contributed by atoms with Crippen LogP contribution in [0.15, 0.2) is 102 Å². The highest BCUT2D eigenvalue weighted by atomic mass is 35.5. The van der Waals surface area contributed by atoms with Gasteiger partial charge in [0, 0.05) is 47.1 Å². The molecule has 1 fully saturated rings. The summed E-state index contributed by atoms with van der Waals surface area (Å²) in [5, 5.41) is 15.0. The molecule has 0 aliphatic carbocycles. The maximum absolute atomic E-state index is 13.6. The topological polar surface area (TPSA) is 138 Å². The monoisotopic (exact) mass is 655 g/mol. The zero-order valence-corrected chi connectivity index (χ0v) is 26.5. The number of para-hydroxylation sites is 1. The molecule has 0 saturated carbocycles. The number of aromatic carboxylic acids is 1. The lowest BCUT2D eigenvalue weighted by Gasteiger charge is -2.44. The molecule has 47 heavy (non-hydrogen) atoms. The molecule has 3 N–H and O–H groups in total. The molecule has 1 aliphatic rings. The normalized spacial score (nSPS) is 14.4. The van der Waals surface area contributed by atoms with Crippen LogP contribution in [0, 0.1) is 0 Å². The quantitative estimate of drug-likeness (QED) is 0.192. The summed E-state index contributed by atoms with van der Waals surface area (Å²) in [5.74, 6) is -1.93. The third-order valence-electron chi connectivity index (χ3n) is 7.87. The lowest BCUT2D eigenvalue weighted by atomic mass is 9.93. The minimum absolute atomic E-state index is 0.0373. The average Bonchev–Trinajstić information content (AvgIpc) is 3.08. The van der Waals surface area contributed by atoms with Gasteiger partial charge in [-0.3, -0.25) is 14.5 Å². The summed E-state index contributed by atoms with van der Waals surface area (Å²) in [4.78, 5) is 54.7. The molecule has 6 rings (SSSR count). The maximum atomic E-state index is 13.6. The number of pyridine rings is 1. The Morgan fingerprint density at radius 2 is 1.57 bits per heavy atom. The van der Waals surface area contributed by atoms with Crippen molar-refractivity contribution in [3.8, 4) is 0 Å². The molecule has 0 spiro atoms. The molecule has 1 unspecified atom stereocenters. The summed E-state index contributed by atoms with van der Waals surface area (Å²) in [6, 6.07) is 28.0. The molecule has 242 valence electrons. The van der Waals surface area contributed by atoms with E-state index in [4.69, 9.17) is 26.2 Å². The summed E-state index contributed by atoms with van der Waals surface area (Å²) in [6.07, 6.45) is 0.0373. The molecule has 1 aromatic heterocycles. The number of hydrogen-bond acceptors (Lipinski definition) is 7. The number of aromatic amines is 1. The van der Waals surface area contributed by atoms with Crippen LogP contribution in [0.3, 0.4) is 0 Å². The number of amides is 1. The van der Waals surface area contributed by atoms with E-state index in [1.165, 1.54) is 6.07 Å². The standard InChI is InChI=1S/C25H26ClN3O5.C11H8O2/c1-2-34-24(32)25(29-11-13-33-14-12-29,28-23(31)17-7-9-19(26)10-8-17)16-18-15-22(30)27-21-6-4-3-5-20(18)21;12-11(13)10-6-5-8-3-1-2-4-9(8)7-10/h3-10,15H,2,11-14,16H2,1H3,(H,27,30)(H,28,31);1-7H,(H,12,13). The third kappa shape index (κ3) is 7.86. The molecule has 0 radical (unpaired) electrons. The second-order valence-electron chi connectivity index (χ2n) is 10.9. The molecule has 4 aromatic carbocycles. The van der Waals surface area contributed by atoms with E-state index in [0.717, 1.165) is 16.2 Å². The molecule has 1 saturated heterocycles. The van der Waals surface area contributed by atoms with Gasteiger partial charge in [-0.25, -0.2) is 9.59 Å². The Balaban J connectivity index is 0.000000277. The number of halogens is 1. The van der Waals surface area contributed by atoms with Crippen molar-refractivity contribution in [2.45, 2.75) is 19.0 Å². The Morgan fingerprint density at radius 3 is 2.28 bits per heavy atom. The van der Waals surface area contributed by atoms with Crippen LogP contribution in [0.5, 0.6) is 0 Å². The van der Waals surface area contributed by atoms with Crippen LogP contribution in [0.2, 0.25) is 5.02 Å². The van der Waals surface area contributed by atoms with Gasteiger partial charge in [0.15, 0.2) is 5.66 Å². The fourth-order valence-electron chi connectivity index (χ4n) is 5.57. The number of carboxylic acids is 1. The smallest absolute Gasteiger partial charge is 0.347 e. The second-order valence-corrected chi connectivity index (χ2v) is 11.3. The van der Waals surface area contributed by atoms with Crippen LogP contribution in [-0.4, -0.2) is 71.4 Å². The zero-order valence-electron chi connectivity index (χ0n) is 25.7. The Hall–Kier alpha value is -5.03. The summed E-state index contributed by atoms with van der Waals surface area (Å²) in [5.41, 5.74) is 0.106. The van der Waals surface area contributed by atoms with Crippen LogP contribution in [-0.2, 0) is 20.7 Å². The fraction of sp³-hybridized carbons (Fsp3) is 0.222.